The van der Waals surface area contributed by atoms with E-state index in [1.165, 1.54) is 18.2 Å². The van der Waals surface area contributed by atoms with Crippen LogP contribution in [0.3, 0.4) is 0 Å². The van der Waals surface area contributed by atoms with E-state index in [0.717, 1.165) is 4.90 Å². The van der Waals surface area contributed by atoms with Gasteiger partial charge in [0.1, 0.15) is 5.82 Å². The van der Waals surface area contributed by atoms with Crippen LogP contribution in [0, 0.1) is 5.82 Å². The fourth-order valence-electron chi connectivity index (χ4n) is 1.97. The predicted octanol–water partition coefficient (Wildman–Crippen LogP) is 2.17. The maximum Gasteiger partial charge on any atom is 0.299 e. The number of para-hydroxylation sites is 1. The van der Waals surface area contributed by atoms with Crippen LogP contribution in [0.1, 0.15) is 31.1 Å². The molecule has 0 radical (unpaired) electrons. The molecular formula is C14H16FNO3. The van der Waals surface area contributed by atoms with Crippen molar-refractivity contribution >= 4 is 17.4 Å². The number of hydrogen-bond donors (Lipinski definition) is 0. The summed E-state index contributed by atoms with van der Waals surface area (Å²) in [4.78, 5) is 24.7. The number of nitrogens with zero attached hydrogens (tertiary/aromatic N) is 1. The van der Waals surface area contributed by atoms with Crippen molar-refractivity contribution in [2.24, 2.45) is 0 Å². The van der Waals surface area contributed by atoms with Crippen LogP contribution < -0.4 is 4.90 Å². The van der Waals surface area contributed by atoms with Gasteiger partial charge in [-0.25, -0.2) is 4.39 Å². The zero-order chi connectivity index (χ0) is 14.2. The first-order valence-electron chi connectivity index (χ1n) is 6.10. The van der Waals surface area contributed by atoms with Crippen molar-refractivity contribution in [1.82, 2.24) is 0 Å². The molecular weight excluding hydrogens is 249 g/mol. The van der Waals surface area contributed by atoms with E-state index in [1.807, 2.05) is 20.8 Å². The highest BCUT2D eigenvalue weighted by Crippen LogP contribution is 2.31. The Bertz CT molecular complexity index is 534. The highest BCUT2D eigenvalue weighted by molar-refractivity contribution is 6.52. The zero-order valence-electron chi connectivity index (χ0n) is 11.2. The third kappa shape index (κ3) is 2.66. The molecule has 0 N–H and O–H groups in total. The van der Waals surface area contributed by atoms with Gasteiger partial charge < -0.3 is 4.74 Å². The number of carbonyl (C=O) groups excluding carboxylic acids is 2. The van der Waals surface area contributed by atoms with Crippen LogP contribution in [0.25, 0.3) is 0 Å². The zero-order valence-corrected chi connectivity index (χ0v) is 11.2. The molecule has 0 saturated carbocycles. The van der Waals surface area contributed by atoms with E-state index >= 15 is 0 Å². The van der Waals surface area contributed by atoms with Gasteiger partial charge in [0.05, 0.1) is 23.5 Å². The molecule has 5 heteroatoms. The number of halogens is 1. The van der Waals surface area contributed by atoms with Gasteiger partial charge in [-0.2, -0.15) is 0 Å². The number of fused-ring (bicyclic) bond motifs is 1. The topological polar surface area (TPSA) is 46.6 Å². The second-order valence-corrected chi connectivity index (χ2v) is 5.38. The average molecular weight is 265 g/mol. The molecule has 0 atom stereocenters. The molecule has 1 heterocycles. The number of anilines is 1. The lowest BCUT2D eigenvalue weighted by molar-refractivity contribution is -0.114. The van der Waals surface area contributed by atoms with Gasteiger partial charge in [-0.15, -0.1) is 0 Å². The summed E-state index contributed by atoms with van der Waals surface area (Å²) in [5, 5.41) is 0. The van der Waals surface area contributed by atoms with Crippen molar-refractivity contribution in [3.8, 4) is 0 Å². The molecule has 19 heavy (non-hydrogen) atoms. The Morgan fingerprint density at radius 1 is 1.26 bits per heavy atom. The molecule has 0 bridgehead atoms. The number of hydrogen-bond acceptors (Lipinski definition) is 3. The van der Waals surface area contributed by atoms with Crippen LogP contribution in [-0.4, -0.2) is 30.4 Å². The molecule has 1 aromatic carbocycles. The molecule has 0 saturated heterocycles. The summed E-state index contributed by atoms with van der Waals surface area (Å²) in [6, 6.07) is 4.13. The van der Waals surface area contributed by atoms with Crippen molar-refractivity contribution in [3.63, 3.8) is 0 Å². The smallest absolute Gasteiger partial charge is 0.299 e. The lowest BCUT2D eigenvalue weighted by atomic mass is 10.1. The van der Waals surface area contributed by atoms with E-state index in [-0.39, 0.29) is 30.0 Å². The van der Waals surface area contributed by atoms with E-state index in [9.17, 15) is 14.0 Å². The van der Waals surface area contributed by atoms with Gasteiger partial charge in [0.15, 0.2) is 0 Å². The van der Waals surface area contributed by atoms with Crippen molar-refractivity contribution in [2.75, 3.05) is 18.1 Å². The Labute approximate surface area is 111 Å². The van der Waals surface area contributed by atoms with Crippen LogP contribution in [0.2, 0.25) is 0 Å². The van der Waals surface area contributed by atoms with Crippen molar-refractivity contribution in [2.45, 2.75) is 26.4 Å². The third-order valence-corrected chi connectivity index (χ3v) is 2.79. The standard InChI is InChI=1S/C14H16FNO3/c1-14(2,3)19-8-7-16-11-9(12(17)13(16)18)5-4-6-10(11)15/h4-6H,7-8H2,1-3H3. The Kier molecular flexibility index (Phi) is 3.41. The van der Waals surface area contributed by atoms with Crippen molar-refractivity contribution in [1.29, 1.82) is 0 Å². The van der Waals surface area contributed by atoms with Crippen LogP contribution in [0.15, 0.2) is 18.2 Å². The number of rotatable bonds is 3. The van der Waals surface area contributed by atoms with Crippen LogP contribution in [0.4, 0.5) is 10.1 Å². The van der Waals surface area contributed by atoms with Gasteiger partial charge in [-0.1, -0.05) is 6.07 Å². The van der Waals surface area contributed by atoms with E-state index in [1.54, 1.807) is 0 Å². The highest BCUT2D eigenvalue weighted by Gasteiger charge is 2.37. The minimum Gasteiger partial charge on any atom is -0.374 e. The summed E-state index contributed by atoms with van der Waals surface area (Å²) >= 11 is 0. The van der Waals surface area contributed by atoms with E-state index in [0.29, 0.717) is 0 Å². The molecule has 0 unspecified atom stereocenters. The molecule has 0 spiro atoms. The molecule has 102 valence electrons. The summed E-state index contributed by atoms with van der Waals surface area (Å²) in [6.07, 6.45) is 0. The number of Topliss-reactive ketones (excluding diaryl/α,β-unsaturated/α-hetero) is 1. The lowest BCUT2D eigenvalue weighted by Crippen LogP contribution is -2.35. The fourth-order valence-corrected chi connectivity index (χ4v) is 1.97. The van der Waals surface area contributed by atoms with Gasteiger partial charge in [0.2, 0.25) is 0 Å². The first-order chi connectivity index (χ1) is 8.81. The second-order valence-electron chi connectivity index (χ2n) is 5.38. The quantitative estimate of drug-likeness (QED) is 0.787. The Morgan fingerprint density at radius 3 is 2.58 bits per heavy atom. The Hall–Kier alpha value is -1.75. The van der Waals surface area contributed by atoms with E-state index in [2.05, 4.69) is 0 Å². The van der Waals surface area contributed by atoms with Crippen molar-refractivity contribution in [3.05, 3.63) is 29.6 Å². The second kappa shape index (κ2) is 4.74. The number of ether oxygens (including phenoxy) is 1. The maximum atomic E-state index is 13.8. The SMILES string of the molecule is CC(C)(C)OCCN1C(=O)C(=O)c2cccc(F)c21. The van der Waals surface area contributed by atoms with E-state index < -0.39 is 17.5 Å². The average Bonchev–Trinajstić information content (AvgIpc) is 2.54. The van der Waals surface area contributed by atoms with Crippen LogP contribution in [-0.2, 0) is 9.53 Å². The predicted molar refractivity (Wildman–Crippen MR) is 68.8 cm³/mol. The minimum absolute atomic E-state index is 0.0648. The summed E-state index contributed by atoms with van der Waals surface area (Å²) in [7, 11) is 0. The molecule has 0 fully saturated rings. The highest BCUT2D eigenvalue weighted by atomic mass is 19.1. The lowest BCUT2D eigenvalue weighted by Gasteiger charge is -2.22. The molecule has 2 rings (SSSR count). The summed E-state index contributed by atoms with van der Waals surface area (Å²) in [5.74, 6) is -1.92. The van der Waals surface area contributed by atoms with Gasteiger partial charge in [0.25, 0.3) is 11.7 Å². The van der Waals surface area contributed by atoms with Gasteiger partial charge in [0, 0.05) is 6.54 Å². The number of carbonyl (C=O) groups is 2. The normalized spacial score (nSPS) is 15.1. The van der Waals surface area contributed by atoms with Gasteiger partial charge in [-0.3, -0.25) is 14.5 Å². The maximum absolute atomic E-state index is 13.8. The fraction of sp³-hybridized carbons (Fsp3) is 0.429. The summed E-state index contributed by atoms with van der Waals surface area (Å²) in [5.41, 5.74) is -0.152. The molecule has 4 nitrogen and oxygen atoms in total. The minimum atomic E-state index is -0.697. The molecule has 1 aliphatic heterocycles. The molecule has 1 amide bonds. The van der Waals surface area contributed by atoms with Crippen molar-refractivity contribution < 1.29 is 18.7 Å². The van der Waals surface area contributed by atoms with Crippen LogP contribution >= 0.6 is 0 Å². The van der Waals surface area contributed by atoms with Crippen LogP contribution in [0.5, 0.6) is 0 Å². The van der Waals surface area contributed by atoms with E-state index in [4.69, 9.17) is 4.74 Å². The van der Waals surface area contributed by atoms with Gasteiger partial charge >= 0.3 is 0 Å². The molecule has 1 aliphatic rings. The Morgan fingerprint density at radius 2 is 1.95 bits per heavy atom. The first kappa shape index (κ1) is 13.7. The number of ketones is 1. The molecule has 0 aliphatic carbocycles. The molecule has 1 aromatic rings. The molecule has 0 aromatic heterocycles. The van der Waals surface area contributed by atoms with Gasteiger partial charge in [-0.05, 0) is 32.9 Å². The first-order valence-corrected chi connectivity index (χ1v) is 6.10. The summed E-state index contributed by atoms with van der Waals surface area (Å²) < 4.78 is 19.3. The monoisotopic (exact) mass is 265 g/mol. The largest absolute Gasteiger partial charge is 0.374 e. The summed E-state index contributed by atoms with van der Waals surface area (Å²) in [6.45, 7) is 6.07. The number of amides is 1. The third-order valence-electron chi connectivity index (χ3n) is 2.79. The number of benzene rings is 1. The Balaban J connectivity index is 2.19.